The van der Waals surface area contributed by atoms with Crippen molar-refractivity contribution in [2.45, 2.75) is 38.5 Å². The lowest BCUT2D eigenvalue weighted by molar-refractivity contribution is 0.238. The van der Waals surface area contributed by atoms with Gasteiger partial charge in [-0.1, -0.05) is 20.8 Å². The normalized spacial score (nSPS) is 13.4. The van der Waals surface area contributed by atoms with E-state index in [1.165, 1.54) is 0 Å². The molecule has 0 aliphatic carbocycles. The first-order valence-corrected chi connectivity index (χ1v) is 8.35. The highest BCUT2D eigenvalue weighted by Crippen LogP contribution is 2.25. The van der Waals surface area contributed by atoms with E-state index in [0.717, 1.165) is 12.0 Å². The number of nitrogens with two attached hydrogens (primary N) is 1. The first-order valence-electron chi connectivity index (χ1n) is 6.87. The SMILES string of the molecule is CCc1cc(N)c(CC)c(S(=O)(=O)NCC(C)CO)c1. The molecule has 0 heterocycles. The Bertz CT molecular complexity index is 556. The molecule has 1 rings (SSSR count). The third-order valence-corrected chi connectivity index (χ3v) is 4.78. The van der Waals surface area contributed by atoms with Gasteiger partial charge in [-0.25, -0.2) is 13.1 Å². The van der Waals surface area contributed by atoms with Gasteiger partial charge < -0.3 is 10.8 Å². The highest BCUT2D eigenvalue weighted by atomic mass is 32.2. The molecular formula is C14H24N2O3S. The van der Waals surface area contributed by atoms with E-state index in [4.69, 9.17) is 10.8 Å². The lowest BCUT2D eigenvalue weighted by Gasteiger charge is -2.16. The number of benzene rings is 1. The summed E-state index contributed by atoms with van der Waals surface area (Å²) in [5.74, 6) is -0.124. The van der Waals surface area contributed by atoms with Gasteiger partial charge >= 0.3 is 0 Å². The number of nitrogens with one attached hydrogen (secondary N) is 1. The van der Waals surface area contributed by atoms with Gasteiger partial charge in [-0.3, -0.25) is 0 Å². The van der Waals surface area contributed by atoms with Gasteiger partial charge in [0.15, 0.2) is 0 Å². The van der Waals surface area contributed by atoms with E-state index in [9.17, 15) is 8.42 Å². The number of hydrogen-bond donors (Lipinski definition) is 3. The maximum Gasteiger partial charge on any atom is 0.240 e. The molecule has 4 N–H and O–H groups in total. The van der Waals surface area contributed by atoms with E-state index in [0.29, 0.717) is 17.7 Å². The van der Waals surface area contributed by atoms with Crippen LogP contribution in [-0.4, -0.2) is 26.7 Å². The molecule has 6 heteroatoms. The van der Waals surface area contributed by atoms with Crippen LogP contribution < -0.4 is 10.5 Å². The number of aliphatic hydroxyl groups excluding tert-OH is 1. The first kappa shape index (κ1) is 16.9. The monoisotopic (exact) mass is 300 g/mol. The van der Waals surface area contributed by atoms with Gasteiger partial charge in [0.1, 0.15) is 0 Å². The van der Waals surface area contributed by atoms with E-state index in [1.54, 1.807) is 13.0 Å². The zero-order valence-corrected chi connectivity index (χ0v) is 13.1. The number of nitrogen functional groups attached to an aromatic ring is 1. The van der Waals surface area contributed by atoms with Gasteiger partial charge in [0, 0.05) is 18.8 Å². The predicted molar refractivity (Wildman–Crippen MR) is 81.0 cm³/mol. The summed E-state index contributed by atoms with van der Waals surface area (Å²) < 4.78 is 27.3. The van der Waals surface area contributed by atoms with E-state index >= 15 is 0 Å². The summed E-state index contributed by atoms with van der Waals surface area (Å²) in [6, 6.07) is 3.51. The summed E-state index contributed by atoms with van der Waals surface area (Å²) in [6.07, 6.45) is 1.28. The molecule has 1 unspecified atom stereocenters. The first-order chi connectivity index (χ1) is 9.35. The Morgan fingerprint density at radius 1 is 1.30 bits per heavy atom. The smallest absolute Gasteiger partial charge is 0.240 e. The molecule has 0 spiro atoms. The van der Waals surface area contributed by atoms with Crippen LogP contribution in [0.2, 0.25) is 0 Å². The maximum atomic E-state index is 12.4. The molecule has 0 aromatic heterocycles. The van der Waals surface area contributed by atoms with Crippen molar-refractivity contribution in [3.05, 3.63) is 23.3 Å². The summed E-state index contributed by atoms with van der Waals surface area (Å²) in [4.78, 5) is 0.252. The van der Waals surface area contributed by atoms with E-state index < -0.39 is 10.0 Å². The summed E-state index contributed by atoms with van der Waals surface area (Å²) in [5, 5.41) is 8.97. The lowest BCUT2D eigenvalue weighted by Crippen LogP contribution is -2.30. The number of rotatable bonds is 7. The fourth-order valence-corrected chi connectivity index (χ4v) is 3.50. The molecule has 20 heavy (non-hydrogen) atoms. The molecule has 0 amide bonds. The van der Waals surface area contributed by atoms with Gasteiger partial charge in [-0.05, 0) is 42.0 Å². The number of anilines is 1. The average Bonchev–Trinajstić information content (AvgIpc) is 2.43. The zero-order chi connectivity index (χ0) is 15.3. The van der Waals surface area contributed by atoms with Crippen molar-refractivity contribution in [1.29, 1.82) is 0 Å². The Labute approximate surface area is 121 Å². The van der Waals surface area contributed by atoms with Crippen molar-refractivity contribution >= 4 is 15.7 Å². The summed E-state index contributed by atoms with van der Waals surface area (Å²) in [5.41, 5.74) is 8.01. The quantitative estimate of drug-likeness (QED) is 0.662. The van der Waals surface area contributed by atoms with Crippen molar-refractivity contribution in [1.82, 2.24) is 4.72 Å². The van der Waals surface area contributed by atoms with Gasteiger partial charge in [-0.2, -0.15) is 0 Å². The van der Waals surface area contributed by atoms with Crippen LogP contribution in [-0.2, 0) is 22.9 Å². The van der Waals surface area contributed by atoms with Gasteiger partial charge in [0.25, 0.3) is 0 Å². The van der Waals surface area contributed by atoms with Crippen molar-refractivity contribution in [2.75, 3.05) is 18.9 Å². The fraction of sp³-hybridized carbons (Fsp3) is 0.571. The van der Waals surface area contributed by atoms with Crippen molar-refractivity contribution in [3.8, 4) is 0 Å². The Morgan fingerprint density at radius 3 is 2.45 bits per heavy atom. The molecule has 0 fully saturated rings. The largest absolute Gasteiger partial charge is 0.398 e. The fourth-order valence-electron chi connectivity index (χ4n) is 1.94. The molecule has 1 aromatic carbocycles. The van der Waals surface area contributed by atoms with Crippen LogP contribution in [0.4, 0.5) is 5.69 Å². The molecule has 114 valence electrons. The van der Waals surface area contributed by atoms with E-state index in [-0.39, 0.29) is 24.0 Å². The zero-order valence-electron chi connectivity index (χ0n) is 12.3. The van der Waals surface area contributed by atoms with Crippen LogP contribution in [0.3, 0.4) is 0 Å². The molecule has 0 saturated heterocycles. The topological polar surface area (TPSA) is 92.4 Å². The molecule has 0 saturated carbocycles. The molecular weight excluding hydrogens is 276 g/mol. The third kappa shape index (κ3) is 3.94. The molecule has 1 aromatic rings. The Hall–Kier alpha value is -1.11. The van der Waals surface area contributed by atoms with Gasteiger partial charge in [0.2, 0.25) is 10.0 Å². The second-order valence-corrected chi connectivity index (χ2v) is 6.74. The predicted octanol–water partition coefficient (Wildman–Crippen LogP) is 1.30. The Morgan fingerprint density at radius 2 is 1.95 bits per heavy atom. The summed E-state index contributed by atoms with van der Waals surface area (Å²) in [6.45, 7) is 5.77. The Kier molecular flexibility index (Phi) is 5.98. The van der Waals surface area contributed by atoms with Gasteiger partial charge in [0.05, 0.1) is 4.90 Å². The van der Waals surface area contributed by atoms with Crippen LogP contribution in [0.15, 0.2) is 17.0 Å². The van der Waals surface area contributed by atoms with Crippen LogP contribution in [0.25, 0.3) is 0 Å². The highest BCUT2D eigenvalue weighted by Gasteiger charge is 2.20. The Balaban J connectivity index is 3.19. The molecule has 0 aliphatic heterocycles. The van der Waals surface area contributed by atoms with Crippen LogP contribution in [0, 0.1) is 5.92 Å². The molecule has 1 atom stereocenters. The standard InChI is InChI=1S/C14H24N2O3S/c1-4-11-6-13(15)12(5-2)14(7-11)20(18,19)16-8-10(3)9-17/h6-7,10,16-17H,4-5,8-9,15H2,1-3H3. The van der Waals surface area contributed by atoms with Gasteiger partial charge in [-0.15, -0.1) is 0 Å². The summed E-state index contributed by atoms with van der Waals surface area (Å²) >= 11 is 0. The van der Waals surface area contributed by atoms with Crippen LogP contribution in [0.5, 0.6) is 0 Å². The molecule has 0 radical (unpaired) electrons. The molecule has 0 aliphatic rings. The second kappa shape index (κ2) is 7.06. The van der Waals surface area contributed by atoms with Crippen LogP contribution in [0.1, 0.15) is 31.9 Å². The third-order valence-electron chi connectivity index (χ3n) is 3.29. The molecule has 5 nitrogen and oxygen atoms in total. The number of aliphatic hydroxyl groups is 1. The number of hydrogen-bond acceptors (Lipinski definition) is 4. The lowest BCUT2D eigenvalue weighted by atomic mass is 10.1. The average molecular weight is 300 g/mol. The minimum absolute atomic E-state index is 0.0553. The second-order valence-electron chi connectivity index (χ2n) is 5.01. The number of aryl methyl sites for hydroxylation is 1. The minimum atomic E-state index is -3.60. The van der Waals surface area contributed by atoms with Crippen LogP contribution >= 0.6 is 0 Å². The van der Waals surface area contributed by atoms with Crippen molar-refractivity contribution in [2.24, 2.45) is 5.92 Å². The van der Waals surface area contributed by atoms with Crippen molar-refractivity contribution in [3.63, 3.8) is 0 Å². The number of sulfonamides is 1. The highest BCUT2D eigenvalue weighted by molar-refractivity contribution is 7.89. The van der Waals surface area contributed by atoms with E-state index in [2.05, 4.69) is 4.72 Å². The maximum absolute atomic E-state index is 12.4. The van der Waals surface area contributed by atoms with E-state index in [1.807, 2.05) is 19.9 Å². The van der Waals surface area contributed by atoms with Crippen molar-refractivity contribution < 1.29 is 13.5 Å². The minimum Gasteiger partial charge on any atom is -0.398 e. The summed E-state index contributed by atoms with van der Waals surface area (Å²) in [7, 11) is -3.60. The molecule has 0 bridgehead atoms.